The van der Waals surface area contributed by atoms with Crippen LogP contribution in [-0.4, -0.2) is 38.8 Å². The monoisotopic (exact) mass is 448 g/mol. The van der Waals surface area contributed by atoms with Gasteiger partial charge in [-0.1, -0.05) is 17.7 Å². The number of carbonyl (C=O) groups excluding carboxylic acids is 1. The zero-order valence-corrected chi connectivity index (χ0v) is 15.8. The molecule has 0 fully saturated rings. The Bertz CT molecular complexity index is 1100. The maximum Gasteiger partial charge on any atom is 0.435 e. The number of nitrogens with zero attached hydrogens (tertiary/aromatic N) is 3. The number of methoxy groups -OCH3 is 1. The Morgan fingerprint density at radius 1 is 1.27 bits per heavy atom. The lowest BCUT2D eigenvalue weighted by molar-refractivity contribution is -0.141. The van der Waals surface area contributed by atoms with Crippen LogP contribution in [0, 0.1) is 5.82 Å². The lowest BCUT2D eigenvalue weighted by Gasteiger charge is -2.03. The lowest BCUT2D eigenvalue weighted by Crippen LogP contribution is -2.13. The second-order valence-electron chi connectivity index (χ2n) is 5.57. The number of esters is 1. The molecule has 1 aromatic carbocycles. The van der Waals surface area contributed by atoms with E-state index in [0.29, 0.717) is 17.1 Å². The number of aromatic carboxylic acids is 1. The molecule has 0 amide bonds. The summed E-state index contributed by atoms with van der Waals surface area (Å²) in [5, 5.41) is 12.2. The average molecular weight is 449 g/mol. The maximum atomic E-state index is 12.5. The van der Waals surface area contributed by atoms with E-state index in [-0.39, 0.29) is 5.02 Å². The Morgan fingerprint density at radius 3 is 2.43 bits per heavy atom. The number of aromatic nitrogens is 3. The van der Waals surface area contributed by atoms with E-state index in [1.807, 2.05) is 0 Å². The number of nitrogens with two attached hydrogens (primary N) is 1. The summed E-state index contributed by atoms with van der Waals surface area (Å²) >= 11 is 5.46. The van der Waals surface area contributed by atoms with Crippen LogP contribution in [0.3, 0.4) is 0 Å². The number of ether oxygens (including phenoxy) is 1. The molecule has 2 aromatic heterocycles. The summed E-state index contributed by atoms with van der Waals surface area (Å²) in [5.41, 5.74) is 3.34. The van der Waals surface area contributed by atoms with Gasteiger partial charge in [-0.25, -0.2) is 23.5 Å². The number of carboxylic acid groups (broad SMARTS) is 1. The van der Waals surface area contributed by atoms with E-state index in [9.17, 15) is 27.2 Å². The third kappa shape index (κ3) is 5.21. The number of halogens is 5. The van der Waals surface area contributed by atoms with Gasteiger partial charge in [-0.3, -0.25) is 0 Å². The minimum Gasteiger partial charge on any atom is -0.477 e. The van der Waals surface area contributed by atoms with Gasteiger partial charge in [0, 0.05) is 18.7 Å². The number of fused-ring (bicyclic) bond motifs is 1. The van der Waals surface area contributed by atoms with Gasteiger partial charge in [-0.15, -0.1) is 0 Å². The summed E-state index contributed by atoms with van der Waals surface area (Å²) in [7, 11) is 1.03. The molecule has 0 saturated heterocycles. The van der Waals surface area contributed by atoms with Crippen LogP contribution in [0.25, 0.3) is 5.65 Å². The Balaban J connectivity index is 0.000000269. The van der Waals surface area contributed by atoms with Crippen molar-refractivity contribution in [2.24, 2.45) is 5.73 Å². The molecular formula is C17H13ClF4N4O4. The molecule has 8 nitrogen and oxygen atoms in total. The summed E-state index contributed by atoms with van der Waals surface area (Å²) in [4.78, 5) is 25.9. The van der Waals surface area contributed by atoms with Crippen molar-refractivity contribution in [3.63, 3.8) is 0 Å². The highest BCUT2D eigenvalue weighted by Gasteiger charge is 2.35. The molecular weight excluding hydrogens is 436 g/mol. The molecule has 3 aromatic rings. The number of carbonyl (C=O) groups is 2. The molecule has 3 rings (SSSR count). The fourth-order valence-electron chi connectivity index (χ4n) is 2.14. The van der Waals surface area contributed by atoms with Crippen molar-refractivity contribution in [1.82, 2.24) is 14.6 Å². The number of alkyl halides is 3. The quantitative estimate of drug-likeness (QED) is 0.466. The van der Waals surface area contributed by atoms with Crippen LogP contribution in [0.2, 0.25) is 5.02 Å². The topological polar surface area (TPSA) is 120 Å². The van der Waals surface area contributed by atoms with Crippen LogP contribution in [0.15, 0.2) is 30.3 Å². The number of carboxylic acids is 1. The number of hydrogen-bond acceptors (Lipinski definition) is 6. The Kier molecular flexibility index (Phi) is 6.95. The Morgan fingerprint density at radius 2 is 1.93 bits per heavy atom. The predicted molar refractivity (Wildman–Crippen MR) is 95.6 cm³/mol. The minimum absolute atomic E-state index is 0.128. The summed E-state index contributed by atoms with van der Waals surface area (Å²) in [6, 6.07) is 5.77. The summed E-state index contributed by atoms with van der Waals surface area (Å²) in [5.74, 6) is -2.93. The zero-order chi connectivity index (χ0) is 22.6. The van der Waals surface area contributed by atoms with Crippen LogP contribution >= 0.6 is 11.6 Å². The molecule has 2 heterocycles. The Hall–Kier alpha value is -3.25. The second kappa shape index (κ2) is 9.05. The first-order chi connectivity index (χ1) is 14.0. The normalized spacial score (nSPS) is 11.0. The van der Waals surface area contributed by atoms with E-state index in [1.165, 1.54) is 12.1 Å². The van der Waals surface area contributed by atoms with Crippen molar-refractivity contribution in [3.8, 4) is 0 Å². The van der Waals surface area contributed by atoms with Crippen LogP contribution in [0.5, 0.6) is 0 Å². The van der Waals surface area contributed by atoms with Crippen molar-refractivity contribution in [1.29, 1.82) is 0 Å². The molecule has 13 heteroatoms. The van der Waals surface area contributed by atoms with Gasteiger partial charge in [0.05, 0.1) is 12.1 Å². The summed E-state index contributed by atoms with van der Waals surface area (Å²) < 4.78 is 54.9. The number of benzene rings is 1. The highest BCUT2D eigenvalue weighted by Crippen LogP contribution is 2.28. The van der Waals surface area contributed by atoms with Crippen LogP contribution in [0.4, 0.5) is 17.6 Å². The van der Waals surface area contributed by atoms with Crippen molar-refractivity contribution in [2.45, 2.75) is 12.7 Å². The largest absolute Gasteiger partial charge is 0.477 e. The SMILES string of the molecule is COC(=O)c1cc(C(=O)O)n2nc(C(F)(F)F)cc2n1.NCc1ccc(F)c(Cl)c1. The molecule has 0 saturated carbocycles. The van der Waals surface area contributed by atoms with Gasteiger partial charge in [-0.2, -0.15) is 18.3 Å². The second-order valence-corrected chi connectivity index (χ2v) is 5.98. The maximum absolute atomic E-state index is 12.5. The van der Waals surface area contributed by atoms with Gasteiger partial charge in [0.2, 0.25) is 0 Å². The minimum atomic E-state index is -4.76. The molecule has 3 N–H and O–H groups in total. The van der Waals surface area contributed by atoms with Crippen molar-refractivity contribution >= 4 is 29.2 Å². The van der Waals surface area contributed by atoms with Gasteiger partial charge in [0.15, 0.2) is 22.7 Å². The van der Waals surface area contributed by atoms with E-state index in [0.717, 1.165) is 18.7 Å². The number of rotatable bonds is 3. The fraction of sp³-hybridized carbons (Fsp3) is 0.176. The molecule has 0 unspecified atom stereocenters. The molecule has 0 aliphatic heterocycles. The molecule has 0 aliphatic carbocycles. The highest BCUT2D eigenvalue weighted by molar-refractivity contribution is 6.30. The van der Waals surface area contributed by atoms with Gasteiger partial charge < -0.3 is 15.6 Å². The summed E-state index contributed by atoms with van der Waals surface area (Å²) in [6.45, 7) is 0.389. The van der Waals surface area contributed by atoms with Crippen LogP contribution in [0.1, 0.15) is 32.2 Å². The van der Waals surface area contributed by atoms with Gasteiger partial charge in [0.25, 0.3) is 0 Å². The fourth-order valence-corrected chi connectivity index (χ4v) is 2.34. The van der Waals surface area contributed by atoms with E-state index in [4.69, 9.17) is 22.4 Å². The van der Waals surface area contributed by atoms with Crippen molar-refractivity contribution in [2.75, 3.05) is 7.11 Å². The van der Waals surface area contributed by atoms with E-state index >= 15 is 0 Å². The van der Waals surface area contributed by atoms with E-state index < -0.39 is 46.7 Å². The molecule has 0 atom stereocenters. The lowest BCUT2D eigenvalue weighted by atomic mass is 10.2. The van der Waals surface area contributed by atoms with Gasteiger partial charge in [0.1, 0.15) is 5.82 Å². The molecule has 0 aliphatic rings. The third-order valence-corrected chi connectivity index (χ3v) is 3.84. The van der Waals surface area contributed by atoms with Crippen LogP contribution in [-0.2, 0) is 17.5 Å². The van der Waals surface area contributed by atoms with Crippen LogP contribution < -0.4 is 5.73 Å². The smallest absolute Gasteiger partial charge is 0.435 e. The summed E-state index contributed by atoms with van der Waals surface area (Å²) in [6.07, 6.45) is -4.76. The first kappa shape index (κ1) is 23.0. The van der Waals surface area contributed by atoms with Crippen molar-refractivity contribution < 1.29 is 37.0 Å². The predicted octanol–water partition coefficient (Wildman–Crippen LogP) is 3.17. The van der Waals surface area contributed by atoms with Crippen molar-refractivity contribution in [3.05, 3.63) is 63.8 Å². The first-order valence-electron chi connectivity index (χ1n) is 7.91. The third-order valence-electron chi connectivity index (χ3n) is 3.55. The van der Waals surface area contributed by atoms with Gasteiger partial charge in [-0.05, 0) is 17.7 Å². The van der Waals surface area contributed by atoms with E-state index in [1.54, 1.807) is 6.07 Å². The van der Waals surface area contributed by atoms with Gasteiger partial charge >= 0.3 is 18.1 Å². The molecule has 0 radical (unpaired) electrons. The van der Waals surface area contributed by atoms with E-state index in [2.05, 4.69) is 14.8 Å². The molecule has 30 heavy (non-hydrogen) atoms. The number of hydrogen-bond donors (Lipinski definition) is 2. The average Bonchev–Trinajstić information content (AvgIpc) is 3.13. The zero-order valence-electron chi connectivity index (χ0n) is 15.1. The molecule has 160 valence electrons. The highest BCUT2D eigenvalue weighted by atomic mass is 35.5. The Labute approximate surface area is 170 Å². The molecule has 0 bridgehead atoms. The molecule has 0 spiro atoms. The first-order valence-corrected chi connectivity index (χ1v) is 8.29. The standard InChI is InChI=1S/C10H6F3N3O4.C7H7ClFN/c1-20-9(19)4-2-5(8(17)18)16-7(14-4)3-6(15-16)10(11,12)13;8-6-3-5(4-10)1-2-7(6)9/h2-3H,1H3,(H,17,18);1-3H,4,10H2.